The van der Waals surface area contributed by atoms with Crippen LogP contribution in [0.3, 0.4) is 0 Å². The van der Waals surface area contributed by atoms with Gasteiger partial charge < -0.3 is 5.11 Å². The van der Waals surface area contributed by atoms with E-state index in [0.29, 0.717) is 5.75 Å². The first-order valence-electron chi connectivity index (χ1n) is 6.32. The summed E-state index contributed by atoms with van der Waals surface area (Å²) in [7, 11) is 0. The van der Waals surface area contributed by atoms with Crippen LogP contribution in [0.1, 0.15) is 30.5 Å². The molecule has 0 aliphatic rings. The molecule has 0 aromatic heterocycles. The maximum Gasteiger partial charge on any atom is 0.115 e. The van der Waals surface area contributed by atoms with E-state index < -0.39 is 0 Å². The lowest BCUT2D eigenvalue weighted by Crippen LogP contribution is -2.20. The van der Waals surface area contributed by atoms with Crippen molar-refractivity contribution < 1.29 is 5.11 Å². The first kappa shape index (κ1) is 12.7. The third kappa shape index (κ3) is 2.92. The van der Waals surface area contributed by atoms with E-state index in [4.69, 9.17) is 0 Å². The van der Waals surface area contributed by atoms with Crippen LogP contribution in [0.15, 0.2) is 48.5 Å². The van der Waals surface area contributed by atoms with Gasteiger partial charge in [0.2, 0.25) is 0 Å². The van der Waals surface area contributed by atoms with Gasteiger partial charge in [-0.05, 0) is 42.0 Å². The molecule has 0 amide bonds. The molecule has 0 fully saturated rings. The van der Waals surface area contributed by atoms with Gasteiger partial charge in [-0.1, -0.05) is 55.8 Å². The highest BCUT2D eigenvalue weighted by molar-refractivity contribution is 5.32. The van der Waals surface area contributed by atoms with Gasteiger partial charge in [0.25, 0.3) is 0 Å². The van der Waals surface area contributed by atoms with Crippen LogP contribution in [-0.4, -0.2) is 5.11 Å². The number of rotatable bonds is 3. The average molecular weight is 240 g/mol. The third-order valence-electron chi connectivity index (χ3n) is 3.42. The summed E-state index contributed by atoms with van der Waals surface area (Å²) in [5, 5.41) is 9.30. The Hall–Kier alpha value is -1.76. The van der Waals surface area contributed by atoms with Crippen LogP contribution in [-0.2, 0) is 11.8 Å². The van der Waals surface area contributed by atoms with E-state index in [9.17, 15) is 5.11 Å². The zero-order valence-electron chi connectivity index (χ0n) is 11.3. The molecule has 0 aliphatic carbocycles. The van der Waals surface area contributed by atoms with Crippen molar-refractivity contribution in [3.8, 4) is 5.75 Å². The Labute approximate surface area is 109 Å². The molecule has 0 unspecified atom stereocenters. The van der Waals surface area contributed by atoms with E-state index in [0.717, 1.165) is 6.42 Å². The Morgan fingerprint density at radius 1 is 0.889 bits per heavy atom. The smallest absolute Gasteiger partial charge is 0.115 e. The monoisotopic (exact) mass is 240 g/mol. The quantitative estimate of drug-likeness (QED) is 0.851. The number of phenolic OH excluding ortho intramolecular Hbond substituents is 1. The maximum atomic E-state index is 9.30. The lowest BCUT2D eigenvalue weighted by molar-refractivity contribution is 0.474. The summed E-state index contributed by atoms with van der Waals surface area (Å²) in [5.74, 6) is 0.326. The SMILES string of the molecule is Cc1ccc(C(C)(C)Cc2ccc(O)cc2)cc1. The lowest BCUT2D eigenvalue weighted by atomic mass is 9.79. The van der Waals surface area contributed by atoms with Gasteiger partial charge in [-0.15, -0.1) is 0 Å². The summed E-state index contributed by atoms with van der Waals surface area (Å²) >= 11 is 0. The highest BCUT2D eigenvalue weighted by atomic mass is 16.3. The summed E-state index contributed by atoms with van der Waals surface area (Å²) in [5.41, 5.74) is 3.99. The molecule has 0 saturated carbocycles. The Morgan fingerprint density at radius 3 is 2.00 bits per heavy atom. The zero-order chi connectivity index (χ0) is 13.2. The van der Waals surface area contributed by atoms with Gasteiger partial charge >= 0.3 is 0 Å². The number of phenols is 1. The topological polar surface area (TPSA) is 20.2 Å². The van der Waals surface area contributed by atoms with Crippen molar-refractivity contribution in [1.29, 1.82) is 0 Å². The van der Waals surface area contributed by atoms with Crippen molar-refractivity contribution in [2.24, 2.45) is 0 Å². The molecular weight excluding hydrogens is 220 g/mol. The molecule has 0 bridgehead atoms. The van der Waals surface area contributed by atoms with Gasteiger partial charge in [-0.2, -0.15) is 0 Å². The summed E-state index contributed by atoms with van der Waals surface area (Å²) in [4.78, 5) is 0. The number of hydrogen-bond acceptors (Lipinski definition) is 1. The standard InChI is InChI=1S/C17H20O/c1-13-4-8-15(9-5-13)17(2,3)12-14-6-10-16(18)11-7-14/h4-11,18H,12H2,1-3H3. The Kier molecular flexibility index (Phi) is 3.42. The predicted molar refractivity (Wildman–Crippen MR) is 76.0 cm³/mol. The number of hydrogen-bond donors (Lipinski definition) is 1. The van der Waals surface area contributed by atoms with Gasteiger partial charge in [-0.25, -0.2) is 0 Å². The second-order valence-corrected chi connectivity index (χ2v) is 5.59. The maximum absolute atomic E-state index is 9.30. The molecule has 0 radical (unpaired) electrons. The Morgan fingerprint density at radius 2 is 1.44 bits per heavy atom. The summed E-state index contributed by atoms with van der Waals surface area (Å²) in [6, 6.07) is 16.2. The Bertz CT molecular complexity index is 506. The van der Waals surface area contributed by atoms with Crippen molar-refractivity contribution in [3.05, 3.63) is 65.2 Å². The second kappa shape index (κ2) is 4.85. The minimum atomic E-state index is 0.102. The summed E-state index contributed by atoms with van der Waals surface area (Å²) < 4.78 is 0. The number of aromatic hydroxyl groups is 1. The van der Waals surface area contributed by atoms with Crippen LogP contribution >= 0.6 is 0 Å². The minimum Gasteiger partial charge on any atom is -0.508 e. The highest BCUT2D eigenvalue weighted by Crippen LogP contribution is 2.28. The fraction of sp³-hybridized carbons (Fsp3) is 0.294. The van der Waals surface area contributed by atoms with Gasteiger partial charge in [0, 0.05) is 0 Å². The molecule has 2 rings (SSSR count). The molecule has 0 saturated heterocycles. The normalized spacial score (nSPS) is 11.5. The molecule has 0 atom stereocenters. The van der Waals surface area contributed by atoms with Crippen LogP contribution in [0.2, 0.25) is 0 Å². The van der Waals surface area contributed by atoms with Crippen LogP contribution < -0.4 is 0 Å². The van der Waals surface area contributed by atoms with Crippen molar-refractivity contribution in [2.45, 2.75) is 32.6 Å². The van der Waals surface area contributed by atoms with Crippen LogP contribution in [0.4, 0.5) is 0 Å². The van der Waals surface area contributed by atoms with Crippen molar-refractivity contribution >= 4 is 0 Å². The van der Waals surface area contributed by atoms with E-state index in [2.05, 4.69) is 45.0 Å². The van der Waals surface area contributed by atoms with Crippen LogP contribution in [0, 0.1) is 6.92 Å². The number of aryl methyl sites for hydroxylation is 1. The van der Waals surface area contributed by atoms with Crippen molar-refractivity contribution in [2.75, 3.05) is 0 Å². The molecule has 18 heavy (non-hydrogen) atoms. The van der Waals surface area contributed by atoms with Gasteiger partial charge in [-0.3, -0.25) is 0 Å². The van der Waals surface area contributed by atoms with Gasteiger partial charge in [0.1, 0.15) is 5.75 Å². The third-order valence-corrected chi connectivity index (χ3v) is 3.42. The molecule has 1 heteroatoms. The van der Waals surface area contributed by atoms with E-state index in [-0.39, 0.29) is 5.41 Å². The van der Waals surface area contributed by atoms with Crippen molar-refractivity contribution in [1.82, 2.24) is 0 Å². The van der Waals surface area contributed by atoms with Gasteiger partial charge in [0.15, 0.2) is 0 Å². The fourth-order valence-corrected chi connectivity index (χ4v) is 2.23. The lowest BCUT2D eigenvalue weighted by Gasteiger charge is -2.25. The largest absolute Gasteiger partial charge is 0.508 e. The van der Waals surface area contributed by atoms with E-state index in [1.807, 2.05) is 12.1 Å². The van der Waals surface area contributed by atoms with E-state index in [1.54, 1.807) is 12.1 Å². The molecule has 0 spiro atoms. The van der Waals surface area contributed by atoms with Crippen molar-refractivity contribution in [3.63, 3.8) is 0 Å². The Balaban J connectivity index is 2.20. The second-order valence-electron chi connectivity index (χ2n) is 5.59. The molecule has 0 aliphatic heterocycles. The molecule has 2 aromatic rings. The highest BCUT2D eigenvalue weighted by Gasteiger charge is 2.20. The summed E-state index contributed by atoms with van der Waals surface area (Å²) in [6.07, 6.45) is 0.969. The fourth-order valence-electron chi connectivity index (χ4n) is 2.23. The van der Waals surface area contributed by atoms with E-state index >= 15 is 0 Å². The van der Waals surface area contributed by atoms with E-state index in [1.165, 1.54) is 16.7 Å². The average Bonchev–Trinajstić information content (AvgIpc) is 2.32. The van der Waals surface area contributed by atoms with Crippen LogP contribution in [0.25, 0.3) is 0 Å². The van der Waals surface area contributed by atoms with Gasteiger partial charge in [0.05, 0.1) is 0 Å². The summed E-state index contributed by atoms with van der Waals surface area (Å²) in [6.45, 7) is 6.62. The zero-order valence-corrected chi connectivity index (χ0v) is 11.3. The minimum absolute atomic E-state index is 0.102. The molecule has 2 aromatic carbocycles. The molecular formula is C17H20O. The molecule has 0 heterocycles. The molecule has 94 valence electrons. The predicted octanol–water partition coefficient (Wildman–Crippen LogP) is 4.22. The molecule has 1 nitrogen and oxygen atoms in total. The number of benzene rings is 2. The first-order chi connectivity index (χ1) is 8.47. The first-order valence-corrected chi connectivity index (χ1v) is 6.32. The molecule has 1 N–H and O–H groups in total. The van der Waals surface area contributed by atoms with Crippen LogP contribution in [0.5, 0.6) is 5.75 Å².